The molecule has 6 nitrogen and oxygen atoms in total. The minimum Gasteiger partial charge on any atom is -0.497 e. The van der Waals surface area contributed by atoms with Crippen molar-refractivity contribution in [3.05, 3.63) is 90.0 Å². The van der Waals surface area contributed by atoms with Crippen molar-refractivity contribution in [2.45, 2.75) is 19.6 Å². The van der Waals surface area contributed by atoms with Crippen molar-refractivity contribution >= 4 is 11.9 Å². The Labute approximate surface area is 175 Å². The Kier molecular flexibility index (Phi) is 7.05. The van der Waals surface area contributed by atoms with Gasteiger partial charge in [0.2, 0.25) is 0 Å². The van der Waals surface area contributed by atoms with Crippen LogP contribution in [0.3, 0.4) is 0 Å². The summed E-state index contributed by atoms with van der Waals surface area (Å²) in [6.45, 7) is 2.01. The Hall–Kier alpha value is -3.80. The summed E-state index contributed by atoms with van der Waals surface area (Å²) in [5, 5.41) is 2.85. The number of esters is 1. The molecule has 0 aliphatic carbocycles. The lowest BCUT2D eigenvalue weighted by molar-refractivity contribution is -0.141. The number of carbonyl (C=O) groups excluding carboxylic acids is 2. The van der Waals surface area contributed by atoms with Crippen molar-refractivity contribution in [2.24, 2.45) is 0 Å². The maximum absolute atomic E-state index is 12.4. The summed E-state index contributed by atoms with van der Waals surface area (Å²) in [5.41, 5.74) is 1.40. The van der Waals surface area contributed by atoms with Crippen LogP contribution in [0.4, 0.5) is 0 Å². The van der Waals surface area contributed by atoms with Crippen molar-refractivity contribution in [3.63, 3.8) is 0 Å². The molecule has 0 bridgehead atoms. The van der Waals surface area contributed by atoms with Gasteiger partial charge in [0.25, 0.3) is 5.91 Å². The fraction of sp³-hybridized carbons (Fsp3) is 0.167. The molecule has 6 heteroatoms. The monoisotopic (exact) mass is 405 g/mol. The van der Waals surface area contributed by atoms with Crippen LogP contribution in [0, 0.1) is 0 Å². The van der Waals surface area contributed by atoms with Gasteiger partial charge in [-0.05, 0) is 55.0 Å². The maximum atomic E-state index is 12.4. The van der Waals surface area contributed by atoms with Gasteiger partial charge in [-0.2, -0.15) is 0 Å². The van der Waals surface area contributed by atoms with Crippen LogP contribution in [0.5, 0.6) is 17.2 Å². The molecule has 3 aromatic rings. The largest absolute Gasteiger partial charge is 0.497 e. The number of ether oxygens (including phenoxy) is 3. The number of hydrogen-bond donors (Lipinski definition) is 1. The molecule has 0 saturated heterocycles. The van der Waals surface area contributed by atoms with Crippen molar-refractivity contribution in [1.29, 1.82) is 0 Å². The van der Waals surface area contributed by atoms with Crippen LogP contribution in [0.1, 0.15) is 22.8 Å². The lowest BCUT2D eigenvalue weighted by Gasteiger charge is -2.14. The Morgan fingerprint density at radius 1 is 0.867 bits per heavy atom. The van der Waals surface area contributed by atoms with Crippen molar-refractivity contribution in [3.8, 4) is 17.2 Å². The molecule has 0 fully saturated rings. The number of rotatable bonds is 8. The highest BCUT2D eigenvalue weighted by molar-refractivity contribution is 5.94. The molecule has 30 heavy (non-hydrogen) atoms. The second kappa shape index (κ2) is 10.1. The summed E-state index contributed by atoms with van der Waals surface area (Å²) >= 11 is 0. The van der Waals surface area contributed by atoms with E-state index in [-0.39, 0.29) is 11.7 Å². The third-order valence-corrected chi connectivity index (χ3v) is 4.31. The first-order chi connectivity index (χ1) is 14.5. The van der Waals surface area contributed by atoms with Crippen LogP contribution in [0.2, 0.25) is 0 Å². The average Bonchev–Trinajstić information content (AvgIpc) is 2.78. The fourth-order valence-electron chi connectivity index (χ4n) is 2.69. The highest BCUT2D eigenvalue weighted by Crippen LogP contribution is 2.19. The van der Waals surface area contributed by atoms with Crippen molar-refractivity contribution in [1.82, 2.24) is 5.32 Å². The van der Waals surface area contributed by atoms with Gasteiger partial charge in [0, 0.05) is 12.1 Å². The minimum absolute atomic E-state index is 0.251. The zero-order chi connectivity index (χ0) is 21.3. The van der Waals surface area contributed by atoms with Gasteiger partial charge >= 0.3 is 5.97 Å². The van der Waals surface area contributed by atoms with Crippen LogP contribution < -0.4 is 19.5 Å². The van der Waals surface area contributed by atoms with E-state index in [1.54, 1.807) is 56.5 Å². The van der Waals surface area contributed by atoms with Gasteiger partial charge in [-0.1, -0.05) is 36.4 Å². The van der Waals surface area contributed by atoms with Crippen LogP contribution in [-0.4, -0.2) is 25.1 Å². The first-order valence-electron chi connectivity index (χ1n) is 9.50. The number of carbonyl (C=O) groups is 2. The van der Waals surface area contributed by atoms with Gasteiger partial charge in [0.05, 0.1) is 7.11 Å². The minimum atomic E-state index is -0.825. The number of methoxy groups -OCH3 is 1. The van der Waals surface area contributed by atoms with Gasteiger partial charge in [0.15, 0.2) is 6.10 Å². The van der Waals surface area contributed by atoms with Crippen LogP contribution in [0.15, 0.2) is 78.9 Å². The first kappa shape index (κ1) is 20.9. The molecule has 3 rings (SSSR count). The molecule has 1 amide bonds. The molecule has 1 unspecified atom stereocenters. The Bertz CT molecular complexity index is 986. The Morgan fingerprint density at radius 3 is 2.27 bits per heavy atom. The van der Waals surface area contributed by atoms with E-state index in [9.17, 15) is 9.59 Å². The molecular weight excluding hydrogens is 382 g/mol. The van der Waals surface area contributed by atoms with Crippen molar-refractivity contribution < 1.29 is 23.8 Å². The SMILES string of the molecule is COc1ccc(OC(C)C(=O)Oc2cccc(C(=O)NCc3ccccc3)c2)cc1. The van der Waals surface area contributed by atoms with Gasteiger partial charge in [-0.15, -0.1) is 0 Å². The zero-order valence-corrected chi connectivity index (χ0v) is 16.8. The predicted octanol–water partition coefficient (Wildman–Crippen LogP) is 4.00. The molecule has 3 aromatic carbocycles. The Balaban J connectivity index is 1.56. The normalized spacial score (nSPS) is 11.3. The molecule has 0 saturated carbocycles. The highest BCUT2D eigenvalue weighted by atomic mass is 16.6. The molecule has 1 atom stereocenters. The summed E-state index contributed by atoms with van der Waals surface area (Å²) in [7, 11) is 1.58. The molecule has 0 aliphatic heterocycles. The quantitative estimate of drug-likeness (QED) is 0.453. The highest BCUT2D eigenvalue weighted by Gasteiger charge is 2.18. The number of benzene rings is 3. The van der Waals surface area contributed by atoms with Crippen LogP contribution in [-0.2, 0) is 11.3 Å². The van der Waals surface area contributed by atoms with Gasteiger partial charge in [0.1, 0.15) is 17.2 Å². The lowest BCUT2D eigenvalue weighted by Crippen LogP contribution is -2.28. The summed E-state index contributed by atoms with van der Waals surface area (Å²) in [5.74, 6) is 0.679. The third-order valence-electron chi connectivity index (χ3n) is 4.31. The molecular formula is C24H23NO5. The second-order valence-corrected chi connectivity index (χ2v) is 6.55. The molecule has 0 heterocycles. The van der Waals surface area contributed by atoms with Crippen LogP contribution in [0.25, 0.3) is 0 Å². The van der Waals surface area contributed by atoms with Gasteiger partial charge < -0.3 is 19.5 Å². The summed E-state index contributed by atoms with van der Waals surface area (Å²) < 4.78 is 16.1. The van der Waals surface area contributed by atoms with E-state index in [4.69, 9.17) is 14.2 Å². The smallest absolute Gasteiger partial charge is 0.352 e. The summed E-state index contributed by atoms with van der Waals surface area (Å²) in [6, 6.07) is 23.0. The first-order valence-corrected chi connectivity index (χ1v) is 9.50. The van der Waals surface area contributed by atoms with E-state index in [0.29, 0.717) is 23.6 Å². The van der Waals surface area contributed by atoms with Gasteiger partial charge in [-0.3, -0.25) is 4.79 Å². The molecule has 0 aliphatic rings. The number of hydrogen-bond acceptors (Lipinski definition) is 5. The lowest BCUT2D eigenvalue weighted by atomic mass is 10.2. The molecule has 0 spiro atoms. The third kappa shape index (κ3) is 5.85. The Morgan fingerprint density at radius 2 is 1.57 bits per heavy atom. The molecule has 0 aromatic heterocycles. The van der Waals surface area contributed by atoms with E-state index in [2.05, 4.69) is 5.32 Å². The fourth-order valence-corrected chi connectivity index (χ4v) is 2.69. The molecule has 0 radical (unpaired) electrons. The van der Waals surface area contributed by atoms with E-state index in [1.807, 2.05) is 30.3 Å². The van der Waals surface area contributed by atoms with Crippen LogP contribution >= 0.6 is 0 Å². The van der Waals surface area contributed by atoms with E-state index < -0.39 is 12.1 Å². The summed E-state index contributed by atoms with van der Waals surface area (Å²) in [6.07, 6.45) is -0.825. The number of amides is 1. The molecule has 154 valence electrons. The zero-order valence-electron chi connectivity index (χ0n) is 16.8. The van der Waals surface area contributed by atoms with Gasteiger partial charge in [-0.25, -0.2) is 4.79 Å². The van der Waals surface area contributed by atoms with E-state index >= 15 is 0 Å². The van der Waals surface area contributed by atoms with E-state index in [1.165, 1.54) is 6.07 Å². The van der Waals surface area contributed by atoms with E-state index in [0.717, 1.165) is 5.56 Å². The van der Waals surface area contributed by atoms with Crippen molar-refractivity contribution in [2.75, 3.05) is 7.11 Å². The average molecular weight is 405 g/mol. The molecule has 1 N–H and O–H groups in total. The topological polar surface area (TPSA) is 73.9 Å². The summed E-state index contributed by atoms with van der Waals surface area (Å²) in [4.78, 5) is 24.8. The standard InChI is InChI=1S/C24H23NO5/c1-17(29-21-13-11-20(28-2)12-14-21)24(27)30-22-10-6-9-19(15-22)23(26)25-16-18-7-4-3-5-8-18/h3-15,17H,16H2,1-2H3,(H,25,26). The number of nitrogens with one attached hydrogen (secondary N) is 1. The second-order valence-electron chi connectivity index (χ2n) is 6.55. The maximum Gasteiger partial charge on any atom is 0.352 e. The predicted molar refractivity (Wildman–Crippen MR) is 113 cm³/mol.